The van der Waals surface area contributed by atoms with E-state index in [1.807, 2.05) is 5.01 Å². The number of fused-ring (bicyclic) bond motifs is 1. The Balaban J connectivity index is 1.83. The largest absolute Gasteiger partial charge is 0.483 e. The van der Waals surface area contributed by atoms with Crippen molar-refractivity contribution in [3.8, 4) is 5.06 Å². The lowest BCUT2D eigenvalue weighted by Crippen LogP contribution is -2.34. The summed E-state index contributed by atoms with van der Waals surface area (Å²) in [7, 11) is 0. The summed E-state index contributed by atoms with van der Waals surface area (Å²) in [5.41, 5.74) is 1.39. The smallest absolute Gasteiger partial charge is 0.177 e. The van der Waals surface area contributed by atoms with Gasteiger partial charge in [-0.15, -0.1) is 11.3 Å². The normalized spacial score (nSPS) is 26.2. The van der Waals surface area contributed by atoms with Crippen LogP contribution in [-0.4, -0.2) is 18.2 Å². The summed E-state index contributed by atoms with van der Waals surface area (Å²) in [6.45, 7) is 1.88. The molecule has 1 aromatic heterocycles. The number of hydrazine groups is 1. The molecule has 0 saturated carbocycles. The maximum absolute atomic E-state index is 6.13. The van der Waals surface area contributed by atoms with E-state index in [-0.39, 0.29) is 0 Å². The van der Waals surface area contributed by atoms with Gasteiger partial charge < -0.3 is 4.74 Å². The first-order valence-corrected chi connectivity index (χ1v) is 6.93. The van der Waals surface area contributed by atoms with Crippen LogP contribution >= 0.6 is 11.3 Å². The maximum Gasteiger partial charge on any atom is 0.177 e. The van der Waals surface area contributed by atoms with Gasteiger partial charge in [-0.2, -0.15) is 0 Å². The standard InChI is InChI=1S/C12H18N2OS/c13-14-6-3-1-2-4-10(14)11-8-9-5-7-15-12(9)16-11/h8,10H,1-7,13H2. The lowest BCUT2D eigenvalue weighted by Gasteiger charge is -2.23. The molecule has 1 aromatic rings. The van der Waals surface area contributed by atoms with E-state index in [2.05, 4.69) is 6.07 Å². The highest BCUT2D eigenvalue weighted by Gasteiger charge is 2.25. The van der Waals surface area contributed by atoms with E-state index in [1.165, 1.54) is 36.1 Å². The zero-order valence-electron chi connectivity index (χ0n) is 9.45. The van der Waals surface area contributed by atoms with E-state index in [4.69, 9.17) is 10.6 Å². The summed E-state index contributed by atoms with van der Waals surface area (Å²) < 4.78 is 5.60. The van der Waals surface area contributed by atoms with Crippen LogP contribution in [0, 0.1) is 0 Å². The molecule has 0 aliphatic carbocycles. The van der Waals surface area contributed by atoms with Gasteiger partial charge in [0.25, 0.3) is 0 Å². The molecule has 3 heterocycles. The topological polar surface area (TPSA) is 38.5 Å². The molecule has 1 saturated heterocycles. The number of rotatable bonds is 1. The Bertz CT molecular complexity index is 356. The molecular weight excluding hydrogens is 220 g/mol. The highest BCUT2D eigenvalue weighted by atomic mass is 32.1. The van der Waals surface area contributed by atoms with Crippen LogP contribution in [0.4, 0.5) is 0 Å². The summed E-state index contributed by atoms with van der Waals surface area (Å²) in [4.78, 5) is 1.40. The van der Waals surface area contributed by atoms with Gasteiger partial charge in [0.2, 0.25) is 0 Å². The van der Waals surface area contributed by atoms with E-state index >= 15 is 0 Å². The molecule has 0 amide bonds. The Labute approximate surface area is 100 Å². The van der Waals surface area contributed by atoms with E-state index in [1.54, 1.807) is 11.3 Å². The van der Waals surface area contributed by atoms with Gasteiger partial charge in [-0.25, -0.2) is 5.01 Å². The van der Waals surface area contributed by atoms with Crippen molar-refractivity contribution in [2.75, 3.05) is 13.2 Å². The van der Waals surface area contributed by atoms with Crippen LogP contribution in [-0.2, 0) is 6.42 Å². The molecule has 0 spiro atoms. The Kier molecular flexibility index (Phi) is 2.88. The third kappa shape index (κ3) is 1.85. The summed E-state index contributed by atoms with van der Waals surface area (Å²) in [5.74, 6) is 6.13. The molecule has 16 heavy (non-hydrogen) atoms. The zero-order chi connectivity index (χ0) is 11.0. The summed E-state index contributed by atoms with van der Waals surface area (Å²) in [6.07, 6.45) is 6.10. The fraction of sp³-hybridized carbons (Fsp3) is 0.667. The van der Waals surface area contributed by atoms with Crippen LogP contribution in [0.2, 0.25) is 0 Å². The van der Waals surface area contributed by atoms with Gasteiger partial charge in [-0.1, -0.05) is 12.8 Å². The lowest BCUT2D eigenvalue weighted by atomic mass is 10.1. The molecule has 3 rings (SSSR count). The number of hydrogen-bond donors (Lipinski definition) is 1. The first-order chi connectivity index (χ1) is 7.84. The second-order valence-electron chi connectivity index (χ2n) is 4.66. The molecule has 0 bridgehead atoms. The molecule has 4 heteroatoms. The Morgan fingerprint density at radius 1 is 1.38 bits per heavy atom. The van der Waals surface area contributed by atoms with Crippen LogP contribution in [0.5, 0.6) is 5.06 Å². The molecule has 1 unspecified atom stereocenters. The van der Waals surface area contributed by atoms with Gasteiger partial charge in [0.1, 0.15) is 0 Å². The third-order valence-corrected chi connectivity index (χ3v) is 4.71. The van der Waals surface area contributed by atoms with E-state index < -0.39 is 0 Å². The molecule has 2 N–H and O–H groups in total. The van der Waals surface area contributed by atoms with Crippen LogP contribution in [0.15, 0.2) is 6.07 Å². The van der Waals surface area contributed by atoms with Gasteiger partial charge >= 0.3 is 0 Å². The predicted octanol–water partition coefficient (Wildman–Crippen LogP) is 2.47. The first-order valence-electron chi connectivity index (χ1n) is 6.11. The monoisotopic (exact) mass is 238 g/mol. The molecule has 0 radical (unpaired) electrons. The number of nitrogens with zero attached hydrogens (tertiary/aromatic N) is 1. The highest BCUT2D eigenvalue weighted by Crippen LogP contribution is 2.41. The van der Waals surface area contributed by atoms with Crippen LogP contribution in [0.25, 0.3) is 0 Å². The highest BCUT2D eigenvalue weighted by molar-refractivity contribution is 7.14. The minimum Gasteiger partial charge on any atom is -0.483 e. The Morgan fingerprint density at radius 3 is 3.19 bits per heavy atom. The molecular formula is C12H18N2OS. The fourth-order valence-electron chi connectivity index (χ4n) is 2.58. The second-order valence-corrected chi connectivity index (χ2v) is 5.71. The zero-order valence-corrected chi connectivity index (χ0v) is 10.3. The molecule has 2 aliphatic rings. The summed E-state index contributed by atoms with van der Waals surface area (Å²) >= 11 is 1.80. The number of thiophene rings is 1. The van der Waals surface area contributed by atoms with Gasteiger partial charge in [0, 0.05) is 23.4 Å². The first kappa shape index (κ1) is 10.6. The second kappa shape index (κ2) is 4.35. The molecule has 3 nitrogen and oxygen atoms in total. The minimum atomic E-state index is 0.418. The maximum atomic E-state index is 6.13. The molecule has 88 valence electrons. The lowest BCUT2D eigenvalue weighted by molar-refractivity contribution is 0.209. The van der Waals surface area contributed by atoms with Crippen molar-refractivity contribution in [2.24, 2.45) is 5.84 Å². The SMILES string of the molecule is NN1CCCCCC1c1cc2c(s1)OCC2. The van der Waals surface area contributed by atoms with E-state index in [0.717, 1.165) is 24.6 Å². The van der Waals surface area contributed by atoms with E-state index in [0.29, 0.717) is 6.04 Å². The average molecular weight is 238 g/mol. The van der Waals surface area contributed by atoms with Crippen molar-refractivity contribution >= 4 is 11.3 Å². The van der Waals surface area contributed by atoms with Gasteiger partial charge in [0.05, 0.1) is 12.6 Å². The van der Waals surface area contributed by atoms with Crippen molar-refractivity contribution in [1.82, 2.24) is 5.01 Å². The molecule has 0 aromatic carbocycles. The van der Waals surface area contributed by atoms with Crippen LogP contribution in [0.1, 0.15) is 42.2 Å². The third-order valence-electron chi connectivity index (χ3n) is 3.52. The van der Waals surface area contributed by atoms with Crippen LogP contribution < -0.4 is 10.6 Å². The Hall–Kier alpha value is -0.580. The summed E-state index contributed by atoms with van der Waals surface area (Å²) in [6, 6.07) is 2.73. The molecule has 1 fully saturated rings. The number of nitrogens with two attached hydrogens (primary N) is 1. The van der Waals surface area contributed by atoms with Gasteiger partial charge in [0.15, 0.2) is 5.06 Å². The van der Waals surface area contributed by atoms with Crippen LogP contribution in [0.3, 0.4) is 0 Å². The van der Waals surface area contributed by atoms with Gasteiger partial charge in [-0.05, 0) is 18.9 Å². The fourth-order valence-corrected chi connectivity index (χ4v) is 3.82. The van der Waals surface area contributed by atoms with Crippen molar-refractivity contribution in [1.29, 1.82) is 0 Å². The van der Waals surface area contributed by atoms with Crippen molar-refractivity contribution in [3.63, 3.8) is 0 Å². The predicted molar refractivity (Wildman–Crippen MR) is 65.6 cm³/mol. The molecule has 2 aliphatic heterocycles. The average Bonchev–Trinajstić information content (AvgIpc) is 2.77. The Morgan fingerprint density at radius 2 is 2.31 bits per heavy atom. The number of hydrogen-bond acceptors (Lipinski definition) is 4. The van der Waals surface area contributed by atoms with Crippen molar-refractivity contribution in [3.05, 3.63) is 16.5 Å². The number of ether oxygens (including phenoxy) is 1. The van der Waals surface area contributed by atoms with Gasteiger partial charge in [-0.3, -0.25) is 5.84 Å². The van der Waals surface area contributed by atoms with Crippen molar-refractivity contribution in [2.45, 2.75) is 38.1 Å². The van der Waals surface area contributed by atoms with Crippen molar-refractivity contribution < 1.29 is 4.74 Å². The summed E-state index contributed by atoms with van der Waals surface area (Å²) in [5, 5.41) is 3.15. The van der Waals surface area contributed by atoms with E-state index in [9.17, 15) is 0 Å². The molecule has 1 atom stereocenters. The quantitative estimate of drug-likeness (QED) is 0.764. The minimum absolute atomic E-state index is 0.418.